The van der Waals surface area contributed by atoms with Crippen LogP contribution in [0.25, 0.3) is 11.0 Å². The number of nitrogens with one attached hydrogen (secondary N) is 2. The number of fused-ring (bicyclic) bond motifs is 2. The van der Waals surface area contributed by atoms with E-state index in [1.807, 2.05) is 12.1 Å². The molecule has 0 saturated heterocycles. The van der Waals surface area contributed by atoms with Crippen LogP contribution in [0, 0.1) is 0 Å². The molecule has 6 nitrogen and oxygen atoms in total. The summed E-state index contributed by atoms with van der Waals surface area (Å²) in [6.07, 6.45) is 4.11. The van der Waals surface area contributed by atoms with Crippen LogP contribution < -0.4 is 10.1 Å². The number of hydrogen-bond acceptors (Lipinski definition) is 4. The number of nitrogens with zero attached hydrogens (tertiary/aromatic N) is 2. The lowest BCUT2D eigenvalue weighted by atomic mass is 10.1. The average molecular weight is 280 g/mol. The number of rotatable bonds is 2. The zero-order valence-corrected chi connectivity index (χ0v) is 11.1. The second kappa shape index (κ2) is 4.59. The smallest absolute Gasteiger partial charge is 0.259 e. The standard InChI is InChI=1S/C15H12N4O2/c20-15(10-3-1-2-9-5-7-21-13(9)10)18-12-4-6-16-14-11(12)8-17-19-14/h1-4,6,8H,5,7H2,(H2,16,17,18,19,20). The molecule has 2 N–H and O–H groups in total. The topological polar surface area (TPSA) is 79.9 Å². The number of hydrogen-bond donors (Lipinski definition) is 2. The molecule has 1 amide bonds. The molecule has 0 saturated carbocycles. The summed E-state index contributed by atoms with van der Waals surface area (Å²) in [6, 6.07) is 7.38. The van der Waals surface area contributed by atoms with E-state index in [1.165, 1.54) is 0 Å². The van der Waals surface area contributed by atoms with Crippen molar-refractivity contribution in [1.29, 1.82) is 0 Å². The van der Waals surface area contributed by atoms with E-state index in [1.54, 1.807) is 24.5 Å². The van der Waals surface area contributed by atoms with Crippen LogP contribution in [0.4, 0.5) is 5.69 Å². The molecule has 1 aliphatic heterocycles. The first-order valence-electron chi connectivity index (χ1n) is 6.67. The summed E-state index contributed by atoms with van der Waals surface area (Å²) in [5.41, 5.74) is 2.95. The second-order valence-electron chi connectivity index (χ2n) is 4.84. The molecule has 104 valence electrons. The zero-order valence-electron chi connectivity index (χ0n) is 11.1. The van der Waals surface area contributed by atoms with Crippen molar-refractivity contribution in [3.63, 3.8) is 0 Å². The highest BCUT2D eigenvalue weighted by molar-refractivity contribution is 6.09. The molecule has 0 fully saturated rings. The van der Waals surface area contributed by atoms with E-state index >= 15 is 0 Å². The molecule has 4 rings (SSSR count). The van der Waals surface area contributed by atoms with Crippen LogP contribution in [0.5, 0.6) is 5.75 Å². The van der Waals surface area contributed by atoms with E-state index in [4.69, 9.17) is 4.74 Å². The molecule has 1 aromatic carbocycles. The van der Waals surface area contributed by atoms with Gasteiger partial charge in [-0.25, -0.2) is 4.98 Å². The van der Waals surface area contributed by atoms with E-state index in [-0.39, 0.29) is 5.91 Å². The van der Waals surface area contributed by atoms with Gasteiger partial charge in [0.25, 0.3) is 5.91 Å². The maximum absolute atomic E-state index is 12.5. The molecule has 6 heteroatoms. The van der Waals surface area contributed by atoms with Crippen molar-refractivity contribution in [2.45, 2.75) is 6.42 Å². The Morgan fingerprint density at radius 3 is 3.24 bits per heavy atom. The largest absolute Gasteiger partial charge is 0.492 e. The Bertz CT molecular complexity index is 841. The average Bonchev–Trinajstić information content (AvgIpc) is 3.15. The molecule has 0 spiro atoms. The summed E-state index contributed by atoms with van der Waals surface area (Å²) in [4.78, 5) is 16.6. The molecule has 0 radical (unpaired) electrons. The molecular formula is C15H12N4O2. The maximum atomic E-state index is 12.5. The van der Waals surface area contributed by atoms with Crippen molar-refractivity contribution in [3.05, 3.63) is 47.8 Å². The van der Waals surface area contributed by atoms with Gasteiger partial charge < -0.3 is 10.1 Å². The van der Waals surface area contributed by atoms with E-state index in [2.05, 4.69) is 20.5 Å². The number of ether oxygens (including phenoxy) is 1. The van der Waals surface area contributed by atoms with Gasteiger partial charge in [0.15, 0.2) is 5.65 Å². The Balaban J connectivity index is 1.70. The fourth-order valence-electron chi connectivity index (χ4n) is 2.54. The van der Waals surface area contributed by atoms with Gasteiger partial charge >= 0.3 is 0 Å². The van der Waals surface area contributed by atoms with Gasteiger partial charge in [0.2, 0.25) is 0 Å². The summed E-state index contributed by atoms with van der Waals surface area (Å²) in [6.45, 7) is 0.626. The Labute approximate surface area is 120 Å². The number of aromatic amines is 1. The fourth-order valence-corrected chi connectivity index (χ4v) is 2.54. The minimum Gasteiger partial charge on any atom is -0.492 e. The Hall–Kier alpha value is -2.89. The molecule has 2 aromatic heterocycles. The van der Waals surface area contributed by atoms with Crippen molar-refractivity contribution in [3.8, 4) is 5.75 Å². The predicted molar refractivity (Wildman–Crippen MR) is 77.5 cm³/mol. The van der Waals surface area contributed by atoms with Crippen LogP contribution in [0.15, 0.2) is 36.7 Å². The molecule has 1 aliphatic rings. The number of pyridine rings is 1. The number of carbonyl (C=O) groups excluding carboxylic acids is 1. The molecule has 3 aromatic rings. The number of H-pyrrole nitrogens is 1. The van der Waals surface area contributed by atoms with Crippen LogP contribution in [0.2, 0.25) is 0 Å². The van der Waals surface area contributed by atoms with Gasteiger partial charge in [-0.05, 0) is 17.7 Å². The lowest BCUT2D eigenvalue weighted by molar-refractivity contribution is 0.102. The molecule has 0 bridgehead atoms. The molecule has 21 heavy (non-hydrogen) atoms. The quantitative estimate of drug-likeness (QED) is 0.753. The predicted octanol–water partition coefficient (Wildman–Crippen LogP) is 2.15. The van der Waals surface area contributed by atoms with E-state index in [0.717, 1.165) is 17.4 Å². The van der Waals surface area contributed by atoms with Crippen LogP contribution in [0.1, 0.15) is 15.9 Å². The van der Waals surface area contributed by atoms with Gasteiger partial charge in [-0.15, -0.1) is 0 Å². The normalized spacial score (nSPS) is 13.0. The van der Waals surface area contributed by atoms with Crippen LogP contribution in [-0.4, -0.2) is 27.7 Å². The van der Waals surface area contributed by atoms with Gasteiger partial charge in [0, 0.05) is 12.6 Å². The van der Waals surface area contributed by atoms with Crippen molar-refractivity contribution < 1.29 is 9.53 Å². The van der Waals surface area contributed by atoms with E-state index in [0.29, 0.717) is 29.3 Å². The SMILES string of the molecule is O=C(Nc1ccnc2[nH]ncc12)c1cccc2c1OCC2. The number of amides is 1. The number of anilines is 1. The molecule has 3 heterocycles. The highest BCUT2D eigenvalue weighted by atomic mass is 16.5. The first-order valence-corrected chi connectivity index (χ1v) is 6.67. The summed E-state index contributed by atoms with van der Waals surface area (Å²) in [5.74, 6) is 0.495. The maximum Gasteiger partial charge on any atom is 0.259 e. The minimum absolute atomic E-state index is 0.192. The van der Waals surface area contributed by atoms with Crippen LogP contribution in [0.3, 0.4) is 0 Å². The third-order valence-corrected chi connectivity index (χ3v) is 3.56. The monoisotopic (exact) mass is 280 g/mol. The van der Waals surface area contributed by atoms with Gasteiger partial charge in [-0.2, -0.15) is 5.10 Å². The van der Waals surface area contributed by atoms with Crippen molar-refractivity contribution in [2.75, 3.05) is 11.9 Å². The number of carbonyl (C=O) groups is 1. The highest BCUT2D eigenvalue weighted by Gasteiger charge is 2.21. The number of para-hydroxylation sites is 1. The first kappa shape index (κ1) is 11.9. The number of benzene rings is 1. The van der Waals surface area contributed by atoms with E-state index < -0.39 is 0 Å². The Kier molecular flexibility index (Phi) is 2.60. The lowest BCUT2D eigenvalue weighted by Gasteiger charge is -2.09. The second-order valence-corrected chi connectivity index (χ2v) is 4.84. The third kappa shape index (κ3) is 1.92. The molecule has 0 unspecified atom stereocenters. The van der Waals surface area contributed by atoms with Crippen LogP contribution in [-0.2, 0) is 6.42 Å². The molecular weight excluding hydrogens is 268 g/mol. The van der Waals surface area contributed by atoms with Crippen molar-refractivity contribution in [1.82, 2.24) is 15.2 Å². The first-order chi connectivity index (χ1) is 10.3. The van der Waals surface area contributed by atoms with Crippen molar-refractivity contribution >= 4 is 22.6 Å². The molecule has 0 atom stereocenters. The highest BCUT2D eigenvalue weighted by Crippen LogP contribution is 2.30. The van der Waals surface area contributed by atoms with Gasteiger partial charge in [-0.1, -0.05) is 12.1 Å². The third-order valence-electron chi connectivity index (χ3n) is 3.56. The van der Waals surface area contributed by atoms with Crippen molar-refractivity contribution in [2.24, 2.45) is 0 Å². The van der Waals surface area contributed by atoms with Gasteiger partial charge in [-0.3, -0.25) is 9.89 Å². The summed E-state index contributed by atoms with van der Waals surface area (Å²) < 4.78 is 5.57. The summed E-state index contributed by atoms with van der Waals surface area (Å²) in [5, 5.41) is 10.4. The summed E-state index contributed by atoms with van der Waals surface area (Å²) in [7, 11) is 0. The van der Waals surface area contributed by atoms with Gasteiger partial charge in [0.1, 0.15) is 5.75 Å². The summed E-state index contributed by atoms with van der Waals surface area (Å²) >= 11 is 0. The zero-order chi connectivity index (χ0) is 14.2. The van der Waals surface area contributed by atoms with Crippen LogP contribution >= 0.6 is 0 Å². The Morgan fingerprint density at radius 1 is 1.33 bits per heavy atom. The minimum atomic E-state index is -0.192. The lowest BCUT2D eigenvalue weighted by Crippen LogP contribution is -2.13. The number of aromatic nitrogens is 3. The van der Waals surface area contributed by atoms with E-state index in [9.17, 15) is 4.79 Å². The van der Waals surface area contributed by atoms with Gasteiger partial charge in [0.05, 0.1) is 29.4 Å². The molecule has 0 aliphatic carbocycles. The Morgan fingerprint density at radius 2 is 2.29 bits per heavy atom. The fraction of sp³-hybridized carbons (Fsp3) is 0.133.